The van der Waals surface area contributed by atoms with Crippen LogP contribution >= 0.6 is 0 Å². The SMILES string of the molecule is CC(C)CNC(=O)CNc1cnnc2ccccc12. The lowest BCUT2D eigenvalue weighted by Crippen LogP contribution is -2.32. The van der Waals surface area contributed by atoms with E-state index in [1.165, 1.54) is 0 Å². The van der Waals surface area contributed by atoms with Crippen LogP contribution in [0.2, 0.25) is 0 Å². The highest BCUT2D eigenvalue weighted by molar-refractivity contribution is 5.92. The minimum atomic E-state index is -0.0189. The van der Waals surface area contributed by atoms with Crippen molar-refractivity contribution in [3.8, 4) is 0 Å². The van der Waals surface area contributed by atoms with E-state index >= 15 is 0 Å². The second kappa shape index (κ2) is 6.13. The first-order chi connectivity index (χ1) is 9.16. The van der Waals surface area contributed by atoms with E-state index in [0.29, 0.717) is 12.5 Å². The molecule has 0 atom stereocenters. The van der Waals surface area contributed by atoms with Crippen LogP contribution in [0.3, 0.4) is 0 Å². The van der Waals surface area contributed by atoms with Crippen LogP contribution in [0.5, 0.6) is 0 Å². The van der Waals surface area contributed by atoms with Crippen molar-refractivity contribution in [2.75, 3.05) is 18.4 Å². The summed E-state index contributed by atoms with van der Waals surface area (Å²) < 4.78 is 0. The number of nitrogens with zero attached hydrogens (tertiary/aromatic N) is 2. The Morgan fingerprint density at radius 1 is 1.32 bits per heavy atom. The molecule has 0 unspecified atom stereocenters. The van der Waals surface area contributed by atoms with Crippen LogP contribution < -0.4 is 10.6 Å². The van der Waals surface area contributed by atoms with E-state index in [1.807, 2.05) is 24.3 Å². The second-order valence-corrected chi connectivity index (χ2v) is 4.83. The monoisotopic (exact) mass is 258 g/mol. The van der Waals surface area contributed by atoms with Gasteiger partial charge in [-0.3, -0.25) is 4.79 Å². The summed E-state index contributed by atoms with van der Waals surface area (Å²) in [7, 11) is 0. The number of benzene rings is 1. The van der Waals surface area contributed by atoms with Crippen LogP contribution in [0.1, 0.15) is 13.8 Å². The number of rotatable bonds is 5. The molecule has 0 saturated carbocycles. The number of hydrogen-bond donors (Lipinski definition) is 2. The van der Waals surface area contributed by atoms with Crippen LogP contribution in [0.15, 0.2) is 30.5 Å². The second-order valence-electron chi connectivity index (χ2n) is 4.83. The van der Waals surface area contributed by atoms with Crippen LogP contribution in [-0.4, -0.2) is 29.2 Å². The van der Waals surface area contributed by atoms with Gasteiger partial charge >= 0.3 is 0 Å². The highest BCUT2D eigenvalue weighted by Crippen LogP contribution is 2.19. The van der Waals surface area contributed by atoms with Gasteiger partial charge in [-0.25, -0.2) is 0 Å². The Balaban J connectivity index is 2.00. The molecule has 2 N–H and O–H groups in total. The predicted molar refractivity (Wildman–Crippen MR) is 75.9 cm³/mol. The van der Waals surface area contributed by atoms with Gasteiger partial charge in [0.05, 0.1) is 23.9 Å². The quantitative estimate of drug-likeness (QED) is 0.858. The van der Waals surface area contributed by atoms with Crippen molar-refractivity contribution < 1.29 is 4.79 Å². The van der Waals surface area contributed by atoms with Crippen molar-refractivity contribution in [2.24, 2.45) is 5.92 Å². The number of carbonyl (C=O) groups is 1. The first kappa shape index (κ1) is 13.3. The number of fused-ring (bicyclic) bond motifs is 1. The van der Waals surface area contributed by atoms with Gasteiger partial charge in [-0.2, -0.15) is 10.2 Å². The lowest BCUT2D eigenvalue weighted by atomic mass is 10.2. The number of carbonyl (C=O) groups excluding carboxylic acids is 1. The Hall–Kier alpha value is -2.17. The molecule has 1 aromatic carbocycles. The number of nitrogens with one attached hydrogen (secondary N) is 2. The zero-order chi connectivity index (χ0) is 13.7. The molecule has 100 valence electrons. The number of hydrogen-bond acceptors (Lipinski definition) is 4. The average molecular weight is 258 g/mol. The van der Waals surface area contributed by atoms with Crippen molar-refractivity contribution >= 4 is 22.5 Å². The first-order valence-electron chi connectivity index (χ1n) is 6.38. The third-order valence-corrected chi connectivity index (χ3v) is 2.69. The van der Waals surface area contributed by atoms with E-state index in [1.54, 1.807) is 6.20 Å². The summed E-state index contributed by atoms with van der Waals surface area (Å²) in [6, 6.07) is 7.70. The minimum Gasteiger partial charge on any atom is -0.374 e. The maximum atomic E-state index is 11.6. The van der Waals surface area contributed by atoms with Gasteiger partial charge < -0.3 is 10.6 Å². The molecule has 1 amide bonds. The third kappa shape index (κ3) is 3.64. The van der Waals surface area contributed by atoms with Gasteiger partial charge in [0.25, 0.3) is 0 Å². The molecule has 0 fully saturated rings. The maximum absolute atomic E-state index is 11.6. The van der Waals surface area contributed by atoms with Crippen molar-refractivity contribution in [3.63, 3.8) is 0 Å². The lowest BCUT2D eigenvalue weighted by molar-refractivity contribution is -0.119. The fourth-order valence-electron chi connectivity index (χ4n) is 1.70. The lowest BCUT2D eigenvalue weighted by Gasteiger charge is -2.10. The van der Waals surface area contributed by atoms with Crippen LogP contribution in [0, 0.1) is 5.92 Å². The standard InChI is InChI=1S/C14H18N4O/c1-10(2)7-16-14(19)9-15-13-8-17-18-12-6-4-3-5-11(12)13/h3-6,8,10H,7,9H2,1-2H3,(H,15,18)(H,16,19). The molecule has 0 aliphatic heterocycles. The normalized spacial score (nSPS) is 10.7. The van der Waals surface area contributed by atoms with E-state index in [9.17, 15) is 4.79 Å². The van der Waals surface area contributed by atoms with Crippen LogP contribution in [-0.2, 0) is 4.79 Å². The maximum Gasteiger partial charge on any atom is 0.239 e. The zero-order valence-electron chi connectivity index (χ0n) is 11.2. The zero-order valence-corrected chi connectivity index (χ0v) is 11.2. The molecule has 1 heterocycles. The van der Waals surface area contributed by atoms with Crippen molar-refractivity contribution in [1.29, 1.82) is 0 Å². The molecule has 0 radical (unpaired) electrons. The Morgan fingerprint density at radius 2 is 2.11 bits per heavy atom. The van der Waals surface area contributed by atoms with Gasteiger partial charge in [0.2, 0.25) is 5.91 Å². The van der Waals surface area contributed by atoms with E-state index in [4.69, 9.17) is 0 Å². The number of aromatic nitrogens is 2. The molecule has 0 aliphatic carbocycles. The van der Waals surface area contributed by atoms with E-state index in [2.05, 4.69) is 34.7 Å². The molecule has 0 aliphatic rings. The van der Waals surface area contributed by atoms with E-state index in [-0.39, 0.29) is 12.5 Å². The topological polar surface area (TPSA) is 66.9 Å². The van der Waals surface area contributed by atoms with Gasteiger partial charge in [-0.15, -0.1) is 0 Å². The van der Waals surface area contributed by atoms with E-state index < -0.39 is 0 Å². The molecule has 0 spiro atoms. The van der Waals surface area contributed by atoms with Crippen molar-refractivity contribution in [1.82, 2.24) is 15.5 Å². The molecule has 0 bridgehead atoms. The predicted octanol–water partition coefficient (Wildman–Crippen LogP) is 1.81. The first-order valence-corrected chi connectivity index (χ1v) is 6.38. The van der Waals surface area contributed by atoms with Crippen LogP contribution in [0.4, 0.5) is 5.69 Å². The molecular weight excluding hydrogens is 240 g/mol. The largest absolute Gasteiger partial charge is 0.374 e. The highest BCUT2D eigenvalue weighted by atomic mass is 16.1. The molecule has 1 aromatic heterocycles. The molecule has 19 heavy (non-hydrogen) atoms. The number of anilines is 1. The van der Waals surface area contributed by atoms with Crippen molar-refractivity contribution in [2.45, 2.75) is 13.8 Å². The summed E-state index contributed by atoms with van der Waals surface area (Å²) in [6.07, 6.45) is 1.64. The van der Waals surface area contributed by atoms with Gasteiger partial charge in [-0.05, 0) is 12.0 Å². The van der Waals surface area contributed by atoms with Gasteiger partial charge in [0.15, 0.2) is 0 Å². The van der Waals surface area contributed by atoms with Gasteiger partial charge in [-0.1, -0.05) is 32.0 Å². The van der Waals surface area contributed by atoms with E-state index in [0.717, 1.165) is 16.6 Å². The summed E-state index contributed by atoms with van der Waals surface area (Å²) in [4.78, 5) is 11.6. The number of amides is 1. The Kier molecular flexibility index (Phi) is 4.28. The summed E-state index contributed by atoms with van der Waals surface area (Å²) in [5, 5.41) is 14.9. The smallest absolute Gasteiger partial charge is 0.239 e. The van der Waals surface area contributed by atoms with Gasteiger partial charge in [0.1, 0.15) is 0 Å². The molecule has 5 nitrogen and oxygen atoms in total. The summed E-state index contributed by atoms with van der Waals surface area (Å²) in [6.45, 7) is 5.06. The summed E-state index contributed by atoms with van der Waals surface area (Å²) >= 11 is 0. The minimum absolute atomic E-state index is 0.0189. The third-order valence-electron chi connectivity index (χ3n) is 2.69. The molecule has 2 aromatic rings. The highest BCUT2D eigenvalue weighted by Gasteiger charge is 2.05. The Bertz CT molecular complexity index is 563. The average Bonchev–Trinajstić information content (AvgIpc) is 2.42. The molecule has 5 heteroatoms. The van der Waals surface area contributed by atoms with Crippen molar-refractivity contribution in [3.05, 3.63) is 30.5 Å². The fourth-order valence-corrected chi connectivity index (χ4v) is 1.70. The molecule has 0 saturated heterocycles. The Morgan fingerprint density at radius 3 is 2.89 bits per heavy atom. The van der Waals surface area contributed by atoms with Crippen LogP contribution in [0.25, 0.3) is 10.9 Å². The Labute approximate surface area is 112 Å². The summed E-state index contributed by atoms with van der Waals surface area (Å²) in [5.41, 5.74) is 1.64. The molecule has 2 rings (SSSR count). The summed E-state index contributed by atoms with van der Waals surface area (Å²) in [5.74, 6) is 0.432. The molecular formula is C14H18N4O. The fraction of sp³-hybridized carbons (Fsp3) is 0.357. The van der Waals surface area contributed by atoms with Gasteiger partial charge in [0, 0.05) is 11.9 Å².